The number of carbonyl (C=O) groups excluding carboxylic acids is 2. The van der Waals surface area contributed by atoms with Crippen molar-refractivity contribution in [1.82, 2.24) is 9.38 Å². The number of anilines is 2. The summed E-state index contributed by atoms with van der Waals surface area (Å²) in [7, 11) is 0. The number of benzene rings is 2. The molecule has 0 unspecified atom stereocenters. The monoisotopic (exact) mass is 440 g/mol. The number of fused-ring (bicyclic) bond motifs is 2. The van der Waals surface area contributed by atoms with Crippen LogP contribution in [0.2, 0.25) is 0 Å². The van der Waals surface area contributed by atoms with E-state index in [0.29, 0.717) is 23.5 Å². The molecule has 1 N–H and O–H groups in total. The Hall–Kier alpha value is -4.13. The average molecular weight is 441 g/mol. The van der Waals surface area contributed by atoms with Crippen LogP contribution >= 0.6 is 0 Å². The van der Waals surface area contributed by atoms with Gasteiger partial charge in [0.1, 0.15) is 18.0 Å². The maximum Gasteiger partial charge on any atom is 0.259 e. The van der Waals surface area contributed by atoms with Crippen molar-refractivity contribution in [2.24, 2.45) is 0 Å². The summed E-state index contributed by atoms with van der Waals surface area (Å²) in [6.07, 6.45) is 4.66. The number of aryl methyl sites for hydroxylation is 1. The van der Waals surface area contributed by atoms with Crippen LogP contribution in [0.15, 0.2) is 67.0 Å². The van der Waals surface area contributed by atoms with Gasteiger partial charge in [-0.25, -0.2) is 4.98 Å². The number of para-hydroxylation sites is 1. The summed E-state index contributed by atoms with van der Waals surface area (Å²) in [5.74, 6) is 0.267. The van der Waals surface area contributed by atoms with E-state index in [2.05, 4.69) is 10.3 Å². The van der Waals surface area contributed by atoms with Crippen molar-refractivity contribution in [2.45, 2.75) is 26.9 Å². The number of rotatable bonds is 5. The second kappa shape index (κ2) is 8.43. The molecular formula is C26H24N4O3. The van der Waals surface area contributed by atoms with E-state index in [9.17, 15) is 9.59 Å². The lowest BCUT2D eigenvalue weighted by Gasteiger charge is -2.15. The third-order valence-corrected chi connectivity index (χ3v) is 5.85. The molecule has 0 aliphatic carbocycles. The van der Waals surface area contributed by atoms with E-state index in [1.54, 1.807) is 24.0 Å². The van der Waals surface area contributed by atoms with Gasteiger partial charge in [-0.1, -0.05) is 18.2 Å². The average Bonchev–Trinajstić information content (AvgIpc) is 3.42. The summed E-state index contributed by atoms with van der Waals surface area (Å²) >= 11 is 0. The second-order valence-electron chi connectivity index (χ2n) is 8.16. The van der Waals surface area contributed by atoms with Crippen molar-refractivity contribution in [2.75, 3.05) is 16.8 Å². The van der Waals surface area contributed by atoms with Gasteiger partial charge < -0.3 is 19.4 Å². The van der Waals surface area contributed by atoms with Crippen molar-refractivity contribution < 1.29 is 14.3 Å². The first-order valence-corrected chi connectivity index (χ1v) is 10.9. The highest BCUT2D eigenvalue weighted by molar-refractivity contribution is 6.06. The van der Waals surface area contributed by atoms with Crippen molar-refractivity contribution in [1.29, 1.82) is 0 Å². The molecule has 2 aromatic carbocycles. The van der Waals surface area contributed by atoms with Crippen molar-refractivity contribution >= 4 is 28.8 Å². The van der Waals surface area contributed by atoms with Crippen LogP contribution < -0.4 is 15.0 Å². The smallest absolute Gasteiger partial charge is 0.259 e. The van der Waals surface area contributed by atoms with Gasteiger partial charge in [0.05, 0.1) is 11.3 Å². The van der Waals surface area contributed by atoms with Crippen LogP contribution in [-0.2, 0) is 17.8 Å². The minimum Gasteiger partial charge on any atom is -0.486 e. The highest BCUT2D eigenvalue weighted by Gasteiger charge is 2.22. The minimum absolute atomic E-state index is 0.0254. The fraction of sp³-hybridized carbons (Fsp3) is 0.192. The predicted molar refractivity (Wildman–Crippen MR) is 127 cm³/mol. The lowest BCUT2D eigenvalue weighted by atomic mass is 10.1. The van der Waals surface area contributed by atoms with Gasteiger partial charge in [-0.15, -0.1) is 0 Å². The Bertz CT molecular complexity index is 1380. The van der Waals surface area contributed by atoms with Crippen LogP contribution in [0.5, 0.6) is 5.75 Å². The standard InChI is InChI=1S/C26H24N4O3/c1-17-6-5-12-29-15-21(27-25(17)29)16-33-24-8-4-3-7-22(24)26(32)28-20-9-10-23-19(14-20)11-13-30(23)18(2)31/h3-10,12,14-15H,11,13,16H2,1-2H3,(H,28,32). The molecule has 166 valence electrons. The molecule has 1 aliphatic heterocycles. The molecule has 0 saturated heterocycles. The molecule has 0 radical (unpaired) electrons. The Labute approximate surface area is 191 Å². The van der Waals surface area contributed by atoms with Gasteiger partial charge >= 0.3 is 0 Å². The van der Waals surface area contributed by atoms with Gasteiger partial charge in [-0.2, -0.15) is 0 Å². The van der Waals surface area contributed by atoms with Gasteiger partial charge in [-0.05, 0) is 60.9 Å². The topological polar surface area (TPSA) is 75.9 Å². The Morgan fingerprint density at radius 1 is 1.12 bits per heavy atom. The number of aromatic nitrogens is 2. The Morgan fingerprint density at radius 3 is 2.79 bits per heavy atom. The number of hydrogen-bond donors (Lipinski definition) is 1. The van der Waals surface area contributed by atoms with Crippen LogP contribution in [0.4, 0.5) is 11.4 Å². The van der Waals surface area contributed by atoms with Crippen LogP contribution in [0.1, 0.15) is 34.1 Å². The number of hydrogen-bond acceptors (Lipinski definition) is 4. The Balaban J connectivity index is 1.31. The third-order valence-electron chi connectivity index (χ3n) is 5.85. The molecule has 0 spiro atoms. The number of imidazole rings is 1. The minimum atomic E-state index is -0.252. The maximum atomic E-state index is 13.0. The molecule has 3 heterocycles. The SMILES string of the molecule is CC(=O)N1CCc2cc(NC(=O)c3ccccc3OCc3cn4cccc(C)c4n3)ccc21. The quantitative estimate of drug-likeness (QED) is 0.500. The summed E-state index contributed by atoms with van der Waals surface area (Å²) in [4.78, 5) is 31.2. The van der Waals surface area contributed by atoms with Gasteiger partial charge in [-0.3, -0.25) is 9.59 Å². The lowest BCUT2D eigenvalue weighted by molar-refractivity contribution is -0.116. The van der Waals surface area contributed by atoms with Gasteiger partial charge in [0.15, 0.2) is 0 Å². The number of amides is 2. The van der Waals surface area contributed by atoms with Crippen LogP contribution in [0.25, 0.3) is 5.65 Å². The van der Waals surface area contributed by atoms with E-state index >= 15 is 0 Å². The molecule has 0 bridgehead atoms. The van der Waals surface area contributed by atoms with E-state index in [1.165, 1.54) is 0 Å². The molecule has 5 rings (SSSR count). The summed E-state index contributed by atoms with van der Waals surface area (Å²) in [6.45, 7) is 4.50. The Kier molecular flexibility index (Phi) is 5.30. The molecule has 1 aliphatic rings. The zero-order chi connectivity index (χ0) is 22.9. The summed E-state index contributed by atoms with van der Waals surface area (Å²) in [5.41, 5.74) is 5.86. The van der Waals surface area contributed by atoms with Crippen LogP contribution in [0.3, 0.4) is 0 Å². The number of pyridine rings is 1. The normalized spacial score (nSPS) is 12.6. The highest BCUT2D eigenvalue weighted by atomic mass is 16.5. The number of ether oxygens (including phenoxy) is 1. The largest absolute Gasteiger partial charge is 0.486 e. The van der Waals surface area contributed by atoms with Gasteiger partial charge in [0.25, 0.3) is 5.91 Å². The number of carbonyl (C=O) groups is 2. The molecule has 7 heteroatoms. The zero-order valence-corrected chi connectivity index (χ0v) is 18.5. The first-order chi connectivity index (χ1) is 16.0. The summed E-state index contributed by atoms with van der Waals surface area (Å²) in [6, 6.07) is 16.8. The van der Waals surface area contributed by atoms with Crippen LogP contribution in [0, 0.1) is 6.92 Å². The molecule has 0 atom stereocenters. The van der Waals surface area contributed by atoms with E-state index in [1.807, 2.05) is 66.2 Å². The van der Waals surface area contributed by atoms with Crippen molar-refractivity contribution in [3.63, 3.8) is 0 Å². The van der Waals surface area contributed by atoms with Crippen molar-refractivity contribution in [3.05, 3.63) is 89.4 Å². The first kappa shape index (κ1) is 20.8. The fourth-order valence-corrected chi connectivity index (χ4v) is 4.21. The van der Waals surface area contributed by atoms with E-state index < -0.39 is 0 Å². The number of nitrogens with one attached hydrogen (secondary N) is 1. The number of nitrogens with zero attached hydrogens (tertiary/aromatic N) is 3. The molecule has 7 nitrogen and oxygen atoms in total. The first-order valence-electron chi connectivity index (χ1n) is 10.9. The molecule has 4 aromatic rings. The molecule has 0 fully saturated rings. The summed E-state index contributed by atoms with van der Waals surface area (Å²) in [5, 5.41) is 2.96. The van der Waals surface area contributed by atoms with E-state index in [4.69, 9.17) is 4.74 Å². The fourth-order valence-electron chi connectivity index (χ4n) is 4.21. The highest BCUT2D eigenvalue weighted by Crippen LogP contribution is 2.31. The molecule has 2 amide bonds. The van der Waals surface area contributed by atoms with Gasteiger partial charge in [0.2, 0.25) is 5.91 Å². The van der Waals surface area contributed by atoms with E-state index in [0.717, 1.165) is 34.6 Å². The zero-order valence-electron chi connectivity index (χ0n) is 18.5. The van der Waals surface area contributed by atoms with Gasteiger partial charge in [0, 0.05) is 37.2 Å². The third kappa shape index (κ3) is 4.05. The summed E-state index contributed by atoms with van der Waals surface area (Å²) < 4.78 is 7.95. The lowest BCUT2D eigenvalue weighted by Crippen LogP contribution is -2.25. The Morgan fingerprint density at radius 2 is 1.97 bits per heavy atom. The molecule has 33 heavy (non-hydrogen) atoms. The maximum absolute atomic E-state index is 13.0. The van der Waals surface area contributed by atoms with E-state index in [-0.39, 0.29) is 18.4 Å². The predicted octanol–water partition coefficient (Wildman–Crippen LogP) is 4.38. The molecule has 2 aromatic heterocycles. The molecule has 0 saturated carbocycles. The second-order valence-corrected chi connectivity index (χ2v) is 8.16. The van der Waals surface area contributed by atoms with Crippen molar-refractivity contribution in [3.8, 4) is 5.75 Å². The molecular weight excluding hydrogens is 416 g/mol. The van der Waals surface area contributed by atoms with Crippen LogP contribution in [-0.4, -0.2) is 27.7 Å².